The number of amides is 1. The van der Waals surface area contributed by atoms with Gasteiger partial charge >= 0.3 is 0 Å². The van der Waals surface area contributed by atoms with E-state index in [4.69, 9.17) is 0 Å². The molecule has 2 saturated heterocycles. The first-order valence-electron chi connectivity index (χ1n) is 14.3. The van der Waals surface area contributed by atoms with Gasteiger partial charge in [0.15, 0.2) is 0 Å². The molecule has 4 heteroatoms. The second-order valence-corrected chi connectivity index (χ2v) is 11.7. The molecule has 0 N–H and O–H groups in total. The van der Waals surface area contributed by atoms with E-state index < -0.39 is 0 Å². The molecular weight excluding hydrogens is 466 g/mol. The molecular formula is C34H43N3O. The molecule has 4 nitrogen and oxygen atoms in total. The summed E-state index contributed by atoms with van der Waals surface area (Å²) in [6.07, 6.45) is 4.42. The zero-order valence-corrected chi connectivity index (χ0v) is 23.6. The number of benzene rings is 3. The SMILES string of the molecule is Cc1cc(C)c(C(=O)N2CCC(C)(N3CCC(N(Cc4ccccc4)c4ccccc4)CC3)CC2)c(C)c1. The van der Waals surface area contributed by atoms with Gasteiger partial charge in [-0.25, -0.2) is 0 Å². The Bertz CT molecular complexity index is 1200. The summed E-state index contributed by atoms with van der Waals surface area (Å²) in [4.78, 5) is 20.9. The summed E-state index contributed by atoms with van der Waals surface area (Å²) in [7, 11) is 0. The molecule has 0 radical (unpaired) electrons. The molecule has 3 aromatic carbocycles. The monoisotopic (exact) mass is 509 g/mol. The lowest BCUT2D eigenvalue weighted by Gasteiger charge is -2.50. The van der Waals surface area contributed by atoms with Crippen LogP contribution >= 0.6 is 0 Å². The van der Waals surface area contributed by atoms with Crippen molar-refractivity contribution in [2.24, 2.45) is 0 Å². The third-order valence-corrected chi connectivity index (χ3v) is 8.97. The number of para-hydroxylation sites is 1. The molecule has 38 heavy (non-hydrogen) atoms. The van der Waals surface area contributed by atoms with Crippen molar-refractivity contribution in [3.05, 3.63) is 101 Å². The zero-order valence-electron chi connectivity index (χ0n) is 23.6. The van der Waals surface area contributed by atoms with Gasteiger partial charge in [-0.05, 0) is 82.2 Å². The number of likely N-dealkylation sites (tertiary alicyclic amines) is 2. The fourth-order valence-electron chi connectivity index (χ4n) is 6.73. The molecule has 3 aromatic rings. The Hall–Kier alpha value is -3.11. The van der Waals surface area contributed by atoms with Gasteiger partial charge in [0, 0.05) is 55.6 Å². The molecule has 0 unspecified atom stereocenters. The first kappa shape index (κ1) is 26.5. The molecule has 2 aliphatic rings. The Kier molecular flexibility index (Phi) is 7.90. The zero-order chi connectivity index (χ0) is 26.7. The van der Waals surface area contributed by atoms with Crippen LogP contribution in [0.15, 0.2) is 72.8 Å². The van der Waals surface area contributed by atoms with Gasteiger partial charge in [-0.2, -0.15) is 0 Å². The second kappa shape index (κ2) is 11.3. The first-order valence-corrected chi connectivity index (χ1v) is 14.3. The lowest BCUT2D eigenvalue weighted by molar-refractivity contribution is 0.0170. The molecule has 2 heterocycles. The molecule has 0 spiro atoms. The summed E-state index contributed by atoms with van der Waals surface area (Å²) in [5, 5.41) is 0. The van der Waals surface area contributed by atoms with Crippen molar-refractivity contribution < 1.29 is 4.79 Å². The van der Waals surface area contributed by atoms with E-state index in [2.05, 4.69) is 115 Å². The van der Waals surface area contributed by atoms with Crippen molar-refractivity contribution in [3.8, 4) is 0 Å². The van der Waals surface area contributed by atoms with Crippen LogP contribution in [0.5, 0.6) is 0 Å². The molecule has 200 valence electrons. The van der Waals surface area contributed by atoms with Crippen LogP contribution in [0.1, 0.15) is 65.2 Å². The lowest BCUT2D eigenvalue weighted by Crippen LogP contribution is -2.58. The quantitative estimate of drug-likeness (QED) is 0.367. The average Bonchev–Trinajstić information content (AvgIpc) is 2.93. The Morgan fingerprint density at radius 2 is 1.39 bits per heavy atom. The smallest absolute Gasteiger partial charge is 0.254 e. The van der Waals surface area contributed by atoms with Crippen molar-refractivity contribution in [1.29, 1.82) is 0 Å². The average molecular weight is 510 g/mol. The third-order valence-electron chi connectivity index (χ3n) is 8.97. The van der Waals surface area contributed by atoms with Gasteiger partial charge in [-0.1, -0.05) is 66.2 Å². The summed E-state index contributed by atoms with van der Waals surface area (Å²) in [5.74, 6) is 0.208. The van der Waals surface area contributed by atoms with Crippen molar-refractivity contribution in [1.82, 2.24) is 9.80 Å². The number of hydrogen-bond acceptors (Lipinski definition) is 3. The van der Waals surface area contributed by atoms with Crippen LogP contribution in [-0.4, -0.2) is 53.5 Å². The van der Waals surface area contributed by atoms with E-state index in [1.54, 1.807) is 0 Å². The van der Waals surface area contributed by atoms with Crippen molar-refractivity contribution in [2.45, 2.75) is 71.5 Å². The van der Waals surface area contributed by atoms with Crippen LogP contribution < -0.4 is 4.90 Å². The van der Waals surface area contributed by atoms with Gasteiger partial charge < -0.3 is 9.80 Å². The molecule has 0 bridgehead atoms. The molecule has 0 saturated carbocycles. The number of carbonyl (C=O) groups is 1. The highest BCUT2D eigenvalue weighted by Crippen LogP contribution is 2.34. The highest BCUT2D eigenvalue weighted by molar-refractivity contribution is 5.97. The lowest BCUT2D eigenvalue weighted by atomic mass is 9.85. The minimum absolute atomic E-state index is 0.163. The van der Waals surface area contributed by atoms with Crippen molar-refractivity contribution in [3.63, 3.8) is 0 Å². The molecule has 1 amide bonds. The largest absolute Gasteiger partial charge is 0.364 e. The molecule has 0 aromatic heterocycles. The standard InChI is InChI=1S/C34H43N3O/c1-26-23-27(2)32(28(3)24-26)33(38)35-21-17-34(4,18-22-35)36-19-15-31(16-20-36)37(30-13-9-6-10-14-30)25-29-11-7-5-8-12-29/h5-14,23-24,31H,15-22,25H2,1-4H3. The van der Waals surface area contributed by atoms with Crippen LogP contribution in [0.25, 0.3) is 0 Å². The minimum atomic E-state index is 0.163. The molecule has 2 fully saturated rings. The van der Waals surface area contributed by atoms with E-state index in [1.807, 2.05) is 0 Å². The summed E-state index contributed by atoms with van der Waals surface area (Å²) >= 11 is 0. The van der Waals surface area contributed by atoms with Gasteiger partial charge in [0.2, 0.25) is 0 Å². The number of rotatable bonds is 6. The van der Waals surface area contributed by atoms with Gasteiger partial charge in [0.25, 0.3) is 5.91 Å². The van der Waals surface area contributed by atoms with E-state index in [1.165, 1.54) is 29.7 Å². The highest BCUT2D eigenvalue weighted by Gasteiger charge is 2.39. The molecule has 0 aliphatic carbocycles. The Labute approximate surface area is 229 Å². The maximum Gasteiger partial charge on any atom is 0.254 e. The first-order chi connectivity index (χ1) is 18.3. The van der Waals surface area contributed by atoms with E-state index in [-0.39, 0.29) is 11.4 Å². The number of carbonyl (C=O) groups excluding carboxylic acids is 1. The number of hydrogen-bond donors (Lipinski definition) is 0. The fraction of sp³-hybridized carbons (Fsp3) is 0.441. The van der Waals surface area contributed by atoms with Gasteiger partial charge in [0.1, 0.15) is 0 Å². The molecule has 2 aliphatic heterocycles. The van der Waals surface area contributed by atoms with Crippen molar-refractivity contribution >= 4 is 11.6 Å². The topological polar surface area (TPSA) is 26.8 Å². The normalized spacial score (nSPS) is 18.4. The minimum Gasteiger partial charge on any atom is -0.364 e. The van der Waals surface area contributed by atoms with Crippen LogP contribution in [0, 0.1) is 20.8 Å². The summed E-state index contributed by atoms with van der Waals surface area (Å²) in [5.41, 5.74) is 7.16. The predicted molar refractivity (Wildman–Crippen MR) is 158 cm³/mol. The number of anilines is 1. The summed E-state index contributed by atoms with van der Waals surface area (Å²) in [6, 6.07) is 26.6. The van der Waals surface area contributed by atoms with Crippen LogP contribution in [0.2, 0.25) is 0 Å². The maximum absolute atomic E-state index is 13.4. The van der Waals surface area contributed by atoms with E-state index in [0.29, 0.717) is 6.04 Å². The van der Waals surface area contributed by atoms with Crippen molar-refractivity contribution in [2.75, 3.05) is 31.1 Å². The van der Waals surface area contributed by atoms with Crippen LogP contribution in [0.4, 0.5) is 5.69 Å². The maximum atomic E-state index is 13.4. The fourth-order valence-corrected chi connectivity index (χ4v) is 6.73. The van der Waals surface area contributed by atoms with E-state index in [9.17, 15) is 4.79 Å². The third kappa shape index (κ3) is 5.66. The van der Waals surface area contributed by atoms with Crippen LogP contribution in [0.3, 0.4) is 0 Å². The predicted octanol–water partition coefficient (Wildman–Crippen LogP) is 6.78. The molecule has 5 rings (SSSR count). The van der Waals surface area contributed by atoms with Gasteiger partial charge in [-0.3, -0.25) is 9.69 Å². The second-order valence-electron chi connectivity index (χ2n) is 11.7. The number of aryl methyl sites for hydroxylation is 3. The van der Waals surface area contributed by atoms with Crippen LogP contribution in [-0.2, 0) is 6.54 Å². The Morgan fingerprint density at radius 1 is 0.842 bits per heavy atom. The summed E-state index contributed by atoms with van der Waals surface area (Å²) < 4.78 is 0. The Balaban J connectivity index is 1.22. The van der Waals surface area contributed by atoms with E-state index in [0.717, 1.165) is 62.3 Å². The number of piperidine rings is 2. The Morgan fingerprint density at radius 3 is 1.97 bits per heavy atom. The molecule has 0 atom stereocenters. The van der Waals surface area contributed by atoms with Gasteiger partial charge in [-0.15, -0.1) is 0 Å². The summed E-state index contributed by atoms with van der Waals surface area (Å²) in [6.45, 7) is 13.5. The van der Waals surface area contributed by atoms with Gasteiger partial charge in [0.05, 0.1) is 0 Å². The highest BCUT2D eigenvalue weighted by atomic mass is 16.2. The van der Waals surface area contributed by atoms with E-state index >= 15 is 0 Å². The number of nitrogens with zero attached hydrogens (tertiary/aromatic N) is 3.